The van der Waals surface area contributed by atoms with Crippen LogP contribution in [0.2, 0.25) is 0 Å². The first-order chi connectivity index (χ1) is 16.1. The van der Waals surface area contributed by atoms with Gasteiger partial charge in [-0.1, -0.05) is 84.1 Å². The molecule has 0 N–H and O–H groups in total. The van der Waals surface area contributed by atoms with Gasteiger partial charge in [-0.05, 0) is 41.8 Å². The third-order valence-corrected chi connectivity index (χ3v) is 6.73. The molecule has 1 atom stereocenters. The molecule has 1 aliphatic rings. The normalized spacial score (nSPS) is 15.9. The maximum atomic E-state index is 13.7. The summed E-state index contributed by atoms with van der Waals surface area (Å²) in [5, 5.41) is 2.19. The summed E-state index contributed by atoms with van der Waals surface area (Å²) in [6, 6.07) is 23.1. The van der Waals surface area contributed by atoms with E-state index in [0.717, 1.165) is 21.9 Å². The van der Waals surface area contributed by atoms with Crippen molar-refractivity contribution in [3.05, 3.63) is 115 Å². The Morgan fingerprint density at radius 3 is 2.58 bits per heavy atom. The molecule has 0 aliphatic carbocycles. The lowest BCUT2D eigenvalue weighted by molar-refractivity contribution is -0.139. The molecule has 0 fully saturated rings. The number of thiazole rings is 1. The van der Waals surface area contributed by atoms with Gasteiger partial charge in [-0.25, -0.2) is 9.79 Å². The van der Waals surface area contributed by atoms with Crippen molar-refractivity contribution >= 4 is 34.2 Å². The summed E-state index contributed by atoms with van der Waals surface area (Å²) in [7, 11) is 0. The Morgan fingerprint density at radius 1 is 1.06 bits per heavy atom. The van der Waals surface area contributed by atoms with Crippen LogP contribution in [0, 0.1) is 0 Å². The number of rotatable bonds is 4. The zero-order chi connectivity index (χ0) is 22.9. The number of carbonyl (C=O) groups excluding carboxylic acids is 1. The van der Waals surface area contributed by atoms with E-state index in [-0.39, 0.29) is 12.2 Å². The predicted octanol–water partition coefficient (Wildman–Crippen LogP) is 3.95. The van der Waals surface area contributed by atoms with Crippen molar-refractivity contribution in [2.75, 3.05) is 6.61 Å². The Balaban J connectivity index is 1.75. The van der Waals surface area contributed by atoms with Crippen LogP contribution < -0.4 is 14.9 Å². The minimum atomic E-state index is -0.587. The zero-order valence-corrected chi connectivity index (χ0v) is 19.1. The number of carbonyl (C=O) groups is 1. The van der Waals surface area contributed by atoms with Crippen molar-refractivity contribution in [3.8, 4) is 0 Å². The highest BCUT2D eigenvalue weighted by Crippen LogP contribution is 2.30. The average Bonchev–Trinajstić information content (AvgIpc) is 3.13. The molecule has 3 aromatic carbocycles. The lowest BCUT2D eigenvalue weighted by atomic mass is 9.96. The van der Waals surface area contributed by atoms with Crippen LogP contribution in [-0.2, 0) is 9.53 Å². The van der Waals surface area contributed by atoms with E-state index in [2.05, 4.69) is 17.1 Å². The lowest BCUT2D eigenvalue weighted by Gasteiger charge is -2.24. The molecule has 164 valence electrons. The Labute approximate surface area is 194 Å². The topological polar surface area (TPSA) is 60.7 Å². The van der Waals surface area contributed by atoms with E-state index in [9.17, 15) is 9.59 Å². The number of allylic oxidation sites excluding steroid dienone is 1. The molecule has 1 aromatic heterocycles. The molecule has 5 rings (SSSR count). The van der Waals surface area contributed by atoms with Gasteiger partial charge in [0.25, 0.3) is 5.56 Å². The van der Waals surface area contributed by atoms with Crippen molar-refractivity contribution in [2.45, 2.75) is 19.9 Å². The summed E-state index contributed by atoms with van der Waals surface area (Å²) in [4.78, 5) is 31.8. The van der Waals surface area contributed by atoms with Crippen LogP contribution in [0.1, 0.15) is 31.0 Å². The van der Waals surface area contributed by atoms with Gasteiger partial charge in [-0.2, -0.15) is 0 Å². The van der Waals surface area contributed by atoms with Gasteiger partial charge < -0.3 is 4.74 Å². The van der Waals surface area contributed by atoms with E-state index in [0.29, 0.717) is 20.6 Å². The first kappa shape index (κ1) is 21.1. The first-order valence-corrected chi connectivity index (χ1v) is 11.6. The van der Waals surface area contributed by atoms with Crippen molar-refractivity contribution in [1.29, 1.82) is 0 Å². The fourth-order valence-corrected chi connectivity index (χ4v) is 5.30. The van der Waals surface area contributed by atoms with Crippen molar-refractivity contribution in [1.82, 2.24) is 4.57 Å². The summed E-state index contributed by atoms with van der Waals surface area (Å²) >= 11 is 1.34. The number of hydrogen-bond acceptors (Lipinski definition) is 5. The summed E-state index contributed by atoms with van der Waals surface area (Å²) in [5.41, 5.74) is 2.60. The number of aromatic nitrogens is 1. The van der Waals surface area contributed by atoms with Crippen LogP contribution in [-0.4, -0.2) is 17.1 Å². The average molecular weight is 455 g/mol. The smallest absolute Gasteiger partial charge is 0.338 e. The maximum absolute atomic E-state index is 13.7. The van der Waals surface area contributed by atoms with Crippen molar-refractivity contribution in [3.63, 3.8) is 0 Å². The molecule has 0 spiro atoms. The summed E-state index contributed by atoms with van der Waals surface area (Å²) < 4.78 is 7.53. The Kier molecular flexibility index (Phi) is 5.52. The minimum absolute atomic E-state index is 0.171. The minimum Gasteiger partial charge on any atom is -0.463 e. The van der Waals surface area contributed by atoms with Crippen LogP contribution in [0.3, 0.4) is 0 Å². The van der Waals surface area contributed by atoms with Gasteiger partial charge in [-0.3, -0.25) is 9.36 Å². The number of hydrogen-bond donors (Lipinski definition) is 0. The van der Waals surface area contributed by atoms with Gasteiger partial charge in [0.2, 0.25) is 0 Å². The van der Waals surface area contributed by atoms with Gasteiger partial charge in [-0.15, -0.1) is 0 Å². The molecule has 6 heteroatoms. The number of esters is 1. The third kappa shape index (κ3) is 3.72. The predicted molar refractivity (Wildman–Crippen MR) is 131 cm³/mol. The monoisotopic (exact) mass is 454 g/mol. The van der Waals surface area contributed by atoms with Crippen LogP contribution in [0.4, 0.5) is 0 Å². The van der Waals surface area contributed by atoms with E-state index >= 15 is 0 Å². The quantitative estimate of drug-likeness (QED) is 0.439. The molecule has 0 saturated heterocycles. The van der Waals surface area contributed by atoms with Crippen LogP contribution >= 0.6 is 11.3 Å². The second-order valence-electron chi connectivity index (χ2n) is 7.78. The van der Waals surface area contributed by atoms with Crippen LogP contribution in [0.25, 0.3) is 16.8 Å². The number of ether oxygens (including phenoxy) is 1. The number of nitrogens with zero attached hydrogens (tertiary/aromatic N) is 2. The maximum Gasteiger partial charge on any atom is 0.338 e. The molecule has 2 heterocycles. The molecular formula is C27H22N2O3S. The second-order valence-corrected chi connectivity index (χ2v) is 8.79. The third-order valence-electron chi connectivity index (χ3n) is 5.74. The van der Waals surface area contributed by atoms with Gasteiger partial charge in [0, 0.05) is 0 Å². The molecule has 0 amide bonds. The van der Waals surface area contributed by atoms with Crippen molar-refractivity contribution < 1.29 is 9.53 Å². The molecule has 0 bridgehead atoms. The van der Waals surface area contributed by atoms with Crippen molar-refractivity contribution in [2.24, 2.45) is 4.99 Å². The Hall–Kier alpha value is -3.77. The highest BCUT2D eigenvalue weighted by Gasteiger charge is 2.33. The van der Waals surface area contributed by atoms with E-state index in [4.69, 9.17) is 4.74 Å². The summed E-state index contributed by atoms with van der Waals surface area (Å²) in [6.07, 6.45) is 1.91. The highest BCUT2D eigenvalue weighted by molar-refractivity contribution is 7.07. The van der Waals surface area contributed by atoms with Crippen LogP contribution in [0.15, 0.2) is 93.9 Å². The SMILES string of the molecule is CCOC(=O)C1=C(C)N=c2s/c(=C\c3cccc4ccccc34)c(=O)n2[C@H]1c1ccccc1. The Bertz CT molecular complexity index is 1570. The highest BCUT2D eigenvalue weighted by atomic mass is 32.1. The summed E-state index contributed by atoms with van der Waals surface area (Å²) in [6.45, 7) is 3.82. The molecule has 0 radical (unpaired) electrons. The molecule has 4 aromatic rings. The number of benzene rings is 3. The zero-order valence-electron chi connectivity index (χ0n) is 18.3. The van der Waals surface area contributed by atoms with E-state index in [1.807, 2.05) is 66.7 Å². The molecule has 0 unspecified atom stereocenters. The fraction of sp³-hybridized carbons (Fsp3) is 0.148. The van der Waals surface area contributed by atoms with Gasteiger partial charge in [0.05, 0.1) is 28.5 Å². The largest absolute Gasteiger partial charge is 0.463 e. The summed E-state index contributed by atoms with van der Waals surface area (Å²) in [5.74, 6) is -0.448. The standard InChI is InChI=1S/C27H22N2O3S/c1-3-32-26(31)23-17(2)28-27-29(24(23)19-11-5-4-6-12-19)25(30)22(33-27)16-20-14-9-13-18-10-7-8-15-21(18)20/h4-16,24H,3H2,1-2H3/b22-16-/t24-/m0/s1. The van der Waals surface area contributed by atoms with Gasteiger partial charge in [0.1, 0.15) is 0 Å². The number of fused-ring (bicyclic) bond motifs is 2. The molecule has 0 saturated carbocycles. The van der Waals surface area contributed by atoms with E-state index in [1.165, 1.54) is 11.3 Å². The Morgan fingerprint density at radius 2 is 1.79 bits per heavy atom. The molecule has 1 aliphatic heterocycles. The lowest BCUT2D eigenvalue weighted by Crippen LogP contribution is -2.39. The second kappa shape index (κ2) is 8.64. The van der Waals surface area contributed by atoms with E-state index < -0.39 is 12.0 Å². The molecule has 33 heavy (non-hydrogen) atoms. The van der Waals surface area contributed by atoms with Gasteiger partial charge >= 0.3 is 5.97 Å². The molecule has 5 nitrogen and oxygen atoms in total. The van der Waals surface area contributed by atoms with Crippen LogP contribution in [0.5, 0.6) is 0 Å². The molecular weight excluding hydrogens is 432 g/mol. The van der Waals surface area contributed by atoms with E-state index in [1.54, 1.807) is 18.4 Å². The first-order valence-electron chi connectivity index (χ1n) is 10.8. The fourth-order valence-electron chi connectivity index (χ4n) is 4.26. The van der Waals surface area contributed by atoms with Gasteiger partial charge in [0.15, 0.2) is 4.80 Å².